The molecule has 0 aliphatic heterocycles. The van der Waals surface area contributed by atoms with Crippen molar-refractivity contribution in [2.24, 2.45) is 0 Å². The fourth-order valence-corrected chi connectivity index (χ4v) is 2.18. The van der Waals surface area contributed by atoms with Crippen LogP contribution in [0.5, 0.6) is 0 Å². The maximum absolute atomic E-state index is 13.3. The van der Waals surface area contributed by atoms with E-state index in [0.717, 1.165) is 24.3 Å². The van der Waals surface area contributed by atoms with Crippen LogP contribution in [0.2, 0.25) is 0 Å². The van der Waals surface area contributed by atoms with Crippen LogP contribution in [0.1, 0.15) is 23.6 Å². The molecule has 2 aromatic carbocycles. The average molecular weight is 283 g/mol. The van der Waals surface area contributed by atoms with E-state index in [0.29, 0.717) is 6.54 Å². The van der Waals surface area contributed by atoms with Crippen molar-refractivity contribution in [2.75, 3.05) is 12.3 Å². The second-order valence-electron chi connectivity index (χ2n) is 4.97. The van der Waals surface area contributed by atoms with Crippen LogP contribution in [0.4, 0.5) is 10.1 Å². The van der Waals surface area contributed by atoms with Gasteiger partial charge in [0, 0.05) is 18.8 Å². The Bertz CT molecular complexity index is 644. The summed E-state index contributed by atoms with van der Waals surface area (Å²) in [7, 11) is 0. The number of anilines is 1. The smallest absolute Gasteiger partial charge is 0.140 e. The van der Waals surface area contributed by atoms with Crippen molar-refractivity contribution >= 4 is 5.69 Å². The fraction of sp³-hybridized carbons (Fsp3) is 0.235. The van der Waals surface area contributed by atoms with Crippen LogP contribution in [0.3, 0.4) is 0 Å². The normalized spacial score (nSPS) is 10.6. The first kappa shape index (κ1) is 15.0. The molecule has 2 N–H and O–H groups in total. The topological polar surface area (TPSA) is 53.0 Å². The van der Waals surface area contributed by atoms with E-state index < -0.39 is 5.82 Å². The van der Waals surface area contributed by atoms with Crippen molar-refractivity contribution in [3.63, 3.8) is 0 Å². The molecule has 21 heavy (non-hydrogen) atoms. The third-order valence-electron chi connectivity index (χ3n) is 3.39. The van der Waals surface area contributed by atoms with Gasteiger partial charge in [0.2, 0.25) is 0 Å². The lowest BCUT2D eigenvalue weighted by Crippen LogP contribution is -2.22. The first-order valence-corrected chi connectivity index (χ1v) is 6.87. The van der Waals surface area contributed by atoms with Crippen molar-refractivity contribution < 1.29 is 4.39 Å². The Morgan fingerprint density at radius 3 is 2.33 bits per heavy atom. The first-order chi connectivity index (χ1) is 10.1. The minimum absolute atomic E-state index is 0.0936. The van der Waals surface area contributed by atoms with Gasteiger partial charge in [0.1, 0.15) is 11.9 Å². The highest BCUT2D eigenvalue weighted by atomic mass is 19.1. The van der Waals surface area contributed by atoms with Crippen LogP contribution < -0.4 is 5.73 Å². The van der Waals surface area contributed by atoms with Crippen molar-refractivity contribution in [1.29, 1.82) is 5.26 Å². The summed E-state index contributed by atoms with van der Waals surface area (Å²) in [6.45, 7) is 4.40. The maximum Gasteiger partial charge on any atom is 0.140 e. The van der Waals surface area contributed by atoms with E-state index in [1.807, 2.05) is 30.3 Å². The number of hydrogen-bond donors (Lipinski definition) is 1. The molecule has 0 heterocycles. The van der Waals surface area contributed by atoms with E-state index in [9.17, 15) is 4.39 Å². The molecule has 0 saturated carbocycles. The van der Waals surface area contributed by atoms with Gasteiger partial charge in [0.25, 0.3) is 0 Å². The Labute approximate surface area is 124 Å². The second kappa shape index (κ2) is 6.87. The van der Waals surface area contributed by atoms with Crippen molar-refractivity contribution in [3.05, 3.63) is 65.0 Å². The second-order valence-corrected chi connectivity index (χ2v) is 4.97. The largest absolute Gasteiger partial charge is 0.399 e. The third kappa shape index (κ3) is 4.04. The molecule has 0 atom stereocenters. The molecule has 2 rings (SSSR count). The number of nitrogen functional groups attached to an aromatic ring is 1. The molecule has 2 aromatic rings. The first-order valence-electron chi connectivity index (χ1n) is 6.87. The lowest BCUT2D eigenvalue weighted by molar-refractivity contribution is 0.271. The van der Waals surface area contributed by atoms with E-state index in [1.54, 1.807) is 12.1 Å². The molecule has 0 fully saturated rings. The molecule has 3 nitrogen and oxygen atoms in total. The van der Waals surface area contributed by atoms with Gasteiger partial charge < -0.3 is 5.73 Å². The molecular weight excluding hydrogens is 265 g/mol. The molecule has 0 bridgehead atoms. The summed E-state index contributed by atoms with van der Waals surface area (Å²) in [6, 6.07) is 14.3. The molecule has 0 aromatic heterocycles. The van der Waals surface area contributed by atoms with Gasteiger partial charge in [-0.15, -0.1) is 0 Å². The van der Waals surface area contributed by atoms with Gasteiger partial charge in [-0.05, 0) is 41.9 Å². The Morgan fingerprint density at radius 1 is 1.10 bits per heavy atom. The number of nitrogens with zero attached hydrogens (tertiary/aromatic N) is 2. The zero-order valence-corrected chi connectivity index (χ0v) is 12.0. The predicted octanol–water partition coefficient (Wildman–Crippen LogP) is 3.30. The number of halogens is 1. The van der Waals surface area contributed by atoms with Gasteiger partial charge in [0.05, 0.1) is 5.56 Å². The van der Waals surface area contributed by atoms with Crippen LogP contribution in [-0.2, 0) is 13.1 Å². The van der Waals surface area contributed by atoms with Crippen LogP contribution in [0, 0.1) is 17.1 Å². The van der Waals surface area contributed by atoms with E-state index in [1.165, 1.54) is 11.6 Å². The monoisotopic (exact) mass is 283 g/mol. The van der Waals surface area contributed by atoms with E-state index in [-0.39, 0.29) is 5.56 Å². The number of hydrogen-bond acceptors (Lipinski definition) is 3. The minimum Gasteiger partial charge on any atom is -0.399 e. The van der Waals surface area contributed by atoms with Crippen molar-refractivity contribution in [2.45, 2.75) is 20.0 Å². The van der Waals surface area contributed by atoms with Gasteiger partial charge in [-0.2, -0.15) is 5.26 Å². The average Bonchev–Trinajstić information content (AvgIpc) is 2.50. The minimum atomic E-state index is -0.470. The Hall–Kier alpha value is -2.38. The van der Waals surface area contributed by atoms with Crippen LogP contribution in [-0.4, -0.2) is 11.4 Å². The summed E-state index contributed by atoms with van der Waals surface area (Å²) >= 11 is 0. The summed E-state index contributed by atoms with van der Waals surface area (Å²) in [4.78, 5) is 2.22. The molecule has 0 amide bonds. The van der Waals surface area contributed by atoms with Crippen LogP contribution in [0.15, 0.2) is 42.5 Å². The summed E-state index contributed by atoms with van der Waals surface area (Å²) in [6.07, 6.45) is 0. The SMILES string of the molecule is CCN(Cc1ccc(N)cc1)Cc1ccc(F)c(C#N)c1. The third-order valence-corrected chi connectivity index (χ3v) is 3.39. The maximum atomic E-state index is 13.3. The zero-order valence-electron chi connectivity index (χ0n) is 12.0. The summed E-state index contributed by atoms with van der Waals surface area (Å²) in [5, 5.41) is 8.88. The molecule has 0 spiro atoms. The zero-order chi connectivity index (χ0) is 15.2. The quantitative estimate of drug-likeness (QED) is 0.857. The molecule has 4 heteroatoms. The lowest BCUT2D eigenvalue weighted by atomic mass is 10.1. The molecule has 0 radical (unpaired) electrons. The molecule has 0 saturated heterocycles. The van der Waals surface area contributed by atoms with Gasteiger partial charge >= 0.3 is 0 Å². The van der Waals surface area contributed by atoms with Gasteiger partial charge in [-0.25, -0.2) is 4.39 Å². The van der Waals surface area contributed by atoms with Crippen molar-refractivity contribution in [3.8, 4) is 6.07 Å². The van der Waals surface area contributed by atoms with Crippen LogP contribution in [0.25, 0.3) is 0 Å². The number of benzene rings is 2. The molecule has 0 aliphatic rings. The highest BCUT2D eigenvalue weighted by molar-refractivity contribution is 5.39. The van der Waals surface area contributed by atoms with E-state index in [2.05, 4.69) is 11.8 Å². The number of nitrogens with two attached hydrogens (primary N) is 1. The molecule has 108 valence electrons. The highest BCUT2D eigenvalue weighted by Crippen LogP contribution is 2.14. The predicted molar refractivity (Wildman–Crippen MR) is 81.8 cm³/mol. The van der Waals surface area contributed by atoms with Crippen molar-refractivity contribution in [1.82, 2.24) is 4.90 Å². The summed E-state index contributed by atoms with van der Waals surface area (Å²) in [5.41, 5.74) is 8.63. The molecule has 0 aliphatic carbocycles. The van der Waals surface area contributed by atoms with Gasteiger partial charge in [-0.3, -0.25) is 4.90 Å². The summed E-state index contributed by atoms with van der Waals surface area (Å²) in [5.74, 6) is -0.470. The molecular formula is C17H18FN3. The standard InChI is InChI=1S/C17H18FN3/c1-2-21(11-13-3-6-16(20)7-4-13)12-14-5-8-17(18)15(9-14)10-19/h3-9H,2,11-12,20H2,1H3. The Kier molecular flexibility index (Phi) is 4.91. The van der Waals surface area contributed by atoms with Crippen LogP contribution >= 0.6 is 0 Å². The van der Waals surface area contributed by atoms with Gasteiger partial charge in [0.15, 0.2) is 0 Å². The summed E-state index contributed by atoms with van der Waals surface area (Å²) < 4.78 is 13.3. The number of nitriles is 1. The molecule has 0 unspecified atom stereocenters. The van der Waals surface area contributed by atoms with E-state index >= 15 is 0 Å². The number of rotatable bonds is 5. The highest BCUT2D eigenvalue weighted by Gasteiger charge is 2.08. The Morgan fingerprint density at radius 2 is 1.71 bits per heavy atom. The fourth-order valence-electron chi connectivity index (χ4n) is 2.18. The van der Waals surface area contributed by atoms with Gasteiger partial charge in [-0.1, -0.05) is 25.1 Å². The van der Waals surface area contributed by atoms with E-state index in [4.69, 9.17) is 11.0 Å². The lowest BCUT2D eigenvalue weighted by Gasteiger charge is -2.21. The Balaban J connectivity index is 2.08.